The molecule has 11 atom stereocenters. The fraction of sp³-hybridized carbons (Fsp3) is 0.700. The molecule has 0 saturated carbocycles. The molecular formula is C20H24O8. The monoisotopic (exact) mass is 392 g/mol. The summed E-state index contributed by atoms with van der Waals surface area (Å²) in [5.41, 5.74) is 0.952. The summed E-state index contributed by atoms with van der Waals surface area (Å²) in [5, 5.41) is 10.8. The highest BCUT2D eigenvalue weighted by Crippen LogP contribution is 2.45. The minimum Gasteiger partial charge on any atom is -0.387 e. The van der Waals surface area contributed by atoms with Crippen LogP contribution >= 0.6 is 0 Å². The van der Waals surface area contributed by atoms with E-state index >= 15 is 0 Å². The Morgan fingerprint density at radius 1 is 0.893 bits per heavy atom. The van der Waals surface area contributed by atoms with E-state index in [1.54, 1.807) is 0 Å². The maximum absolute atomic E-state index is 10.8. The zero-order chi connectivity index (χ0) is 18.8. The van der Waals surface area contributed by atoms with Crippen LogP contribution in [0.1, 0.15) is 18.8 Å². The van der Waals surface area contributed by atoms with Crippen LogP contribution < -0.4 is 0 Å². The zero-order valence-corrected chi connectivity index (χ0v) is 15.5. The number of aliphatic hydroxyl groups is 1. The van der Waals surface area contributed by atoms with E-state index in [-0.39, 0.29) is 48.8 Å². The SMILES string of the molecule is C[C@@H]1C(O)[C@H](O[C@H]2C3O[C@H]3C3OC[C@H]2O3)OC2COC(c3ccccc3)O[C@H]21. The van der Waals surface area contributed by atoms with Gasteiger partial charge >= 0.3 is 0 Å². The molecule has 5 heterocycles. The van der Waals surface area contributed by atoms with E-state index < -0.39 is 18.7 Å². The Balaban J connectivity index is 1.15. The number of benzene rings is 1. The second-order valence-electron chi connectivity index (χ2n) is 8.11. The van der Waals surface area contributed by atoms with Crippen molar-refractivity contribution in [1.29, 1.82) is 0 Å². The van der Waals surface area contributed by atoms with Gasteiger partial charge in [0.25, 0.3) is 0 Å². The number of aliphatic hydroxyl groups excluding tert-OH is 1. The molecule has 28 heavy (non-hydrogen) atoms. The van der Waals surface area contributed by atoms with E-state index in [1.807, 2.05) is 37.3 Å². The quantitative estimate of drug-likeness (QED) is 0.754. The average molecular weight is 392 g/mol. The Bertz CT molecular complexity index is 713. The highest BCUT2D eigenvalue weighted by atomic mass is 16.8. The first-order valence-corrected chi connectivity index (χ1v) is 9.92. The number of rotatable bonds is 3. The molecule has 8 nitrogen and oxygen atoms in total. The van der Waals surface area contributed by atoms with Gasteiger partial charge in [0.2, 0.25) is 0 Å². The minimum absolute atomic E-state index is 0.0589. The van der Waals surface area contributed by atoms with E-state index in [9.17, 15) is 5.11 Å². The van der Waals surface area contributed by atoms with Crippen LogP contribution in [-0.2, 0) is 33.2 Å². The summed E-state index contributed by atoms with van der Waals surface area (Å²) in [6, 6.07) is 9.78. The molecule has 1 aromatic rings. The largest absolute Gasteiger partial charge is 0.387 e. The van der Waals surface area contributed by atoms with Crippen LogP contribution in [0.4, 0.5) is 0 Å². The molecule has 1 N–H and O–H groups in total. The molecule has 0 amide bonds. The van der Waals surface area contributed by atoms with Crippen molar-refractivity contribution in [2.75, 3.05) is 13.2 Å². The first kappa shape index (κ1) is 17.7. The van der Waals surface area contributed by atoms with Gasteiger partial charge in [-0.1, -0.05) is 37.3 Å². The predicted octanol–water partition coefficient (Wildman–Crippen LogP) is 0.730. The van der Waals surface area contributed by atoms with Crippen molar-refractivity contribution in [2.45, 2.75) is 68.5 Å². The van der Waals surface area contributed by atoms with Gasteiger partial charge in [-0.25, -0.2) is 0 Å². The molecular weight excluding hydrogens is 368 g/mol. The fourth-order valence-corrected chi connectivity index (χ4v) is 4.65. The number of hydrogen-bond donors (Lipinski definition) is 1. The van der Waals surface area contributed by atoms with E-state index in [1.165, 1.54) is 0 Å². The average Bonchev–Trinajstić information content (AvgIpc) is 3.42. The summed E-state index contributed by atoms with van der Waals surface area (Å²) in [6.45, 7) is 2.80. The van der Waals surface area contributed by atoms with E-state index in [4.69, 9.17) is 33.2 Å². The van der Waals surface area contributed by atoms with Gasteiger partial charge in [0, 0.05) is 11.5 Å². The van der Waals surface area contributed by atoms with Gasteiger partial charge in [0.05, 0.1) is 19.3 Å². The molecule has 0 aromatic heterocycles. The van der Waals surface area contributed by atoms with Gasteiger partial charge in [-0.2, -0.15) is 0 Å². The normalized spacial score (nSPS) is 52.0. The number of ether oxygens (including phenoxy) is 7. The van der Waals surface area contributed by atoms with Crippen LogP contribution in [0.5, 0.6) is 0 Å². The van der Waals surface area contributed by atoms with Crippen LogP contribution in [0, 0.1) is 5.92 Å². The molecule has 5 saturated heterocycles. The predicted molar refractivity (Wildman–Crippen MR) is 92.0 cm³/mol. The standard InChI is InChI=1S/C20H24O8/c1-9-13(21)19(28-15-12-8-23-20(25-12)17-16(15)26-17)24-11-7-22-18(27-14(9)11)10-5-3-2-4-6-10/h2-6,9,11-21H,7-8H2,1H3/t9-,11?,12-,13?,14+,15-,16?,17-,18?,19+,20?/m1/s1. The van der Waals surface area contributed by atoms with Crippen molar-refractivity contribution in [1.82, 2.24) is 0 Å². The molecule has 6 rings (SSSR count). The molecule has 5 aliphatic rings. The van der Waals surface area contributed by atoms with Gasteiger partial charge in [-0.15, -0.1) is 0 Å². The first-order valence-electron chi connectivity index (χ1n) is 9.92. The third kappa shape index (κ3) is 2.83. The third-order valence-electron chi connectivity index (χ3n) is 6.32. The summed E-state index contributed by atoms with van der Waals surface area (Å²) in [5.74, 6) is -0.174. The first-order chi connectivity index (χ1) is 13.7. The van der Waals surface area contributed by atoms with E-state index in [2.05, 4.69) is 0 Å². The Morgan fingerprint density at radius 2 is 1.71 bits per heavy atom. The molecule has 0 radical (unpaired) electrons. The van der Waals surface area contributed by atoms with E-state index in [0.717, 1.165) is 5.56 Å². The summed E-state index contributed by atoms with van der Waals surface area (Å²) in [4.78, 5) is 0. The summed E-state index contributed by atoms with van der Waals surface area (Å²) >= 11 is 0. The van der Waals surface area contributed by atoms with Crippen LogP contribution in [0.15, 0.2) is 30.3 Å². The molecule has 2 bridgehead atoms. The van der Waals surface area contributed by atoms with Gasteiger partial charge in [-0.05, 0) is 0 Å². The van der Waals surface area contributed by atoms with Crippen LogP contribution in [0.25, 0.3) is 0 Å². The smallest absolute Gasteiger partial charge is 0.187 e. The highest BCUT2D eigenvalue weighted by Gasteiger charge is 2.63. The second kappa shape index (κ2) is 6.72. The highest BCUT2D eigenvalue weighted by molar-refractivity contribution is 5.16. The maximum Gasteiger partial charge on any atom is 0.187 e. The summed E-state index contributed by atoms with van der Waals surface area (Å²) in [7, 11) is 0. The lowest BCUT2D eigenvalue weighted by atomic mass is 9.89. The lowest BCUT2D eigenvalue weighted by Crippen LogP contribution is -2.60. The van der Waals surface area contributed by atoms with Crippen molar-refractivity contribution in [3.8, 4) is 0 Å². The molecule has 0 aliphatic carbocycles. The van der Waals surface area contributed by atoms with Crippen molar-refractivity contribution in [3.63, 3.8) is 0 Å². The maximum atomic E-state index is 10.8. The molecule has 0 spiro atoms. The fourth-order valence-electron chi connectivity index (χ4n) is 4.65. The number of hydrogen-bond acceptors (Lipinski definition) is 8. The Morgan fingerprint density at radius 3 is 2.57 bits per heavy atom. The zero-order valence-electron chi connectivity index (χ0n) is 15.5. The summed E-state index contributed by atoms with van der Waals surface area (Å²) < 4.78 is 41.2. The Labute approximate surface area is 162 Å². The molecule has 5 fully saturated rings. The lowest BCUT2D eigenvalue weighted by Gasteiger charge is -2.47. The molecule has 8 heteroatoms. The number of fused-ring (bicyclic) bond motifs is 5. The second-order valence-corrected chi connectivity index (χ2v) is 8.11. The van der Waals surface area contributed by atoms with E-state index in [0.29, 0.717) is 13.2 Å². The van der Waals surface area contributed by atoms with Crippen molar-refractivity contribution in [2.24, 2.45) is 5.92 Å². The van der Waals surface area contributed by atoms with Gasteiger partial charge in [0.15, 0.2) is 18.9 Å². The van der Waals surface area contributed by atoms with Gasteiger partial charge < -0.3 is 38.3 Å². The minimum atomic E-state index is -0.826. The lowest BCUT2D eigenvalue weighted by molar-refractivity contribution is -0.361. The van der Waals surface area contributed by atoms with Crippen molar-refractivity contribution < 1.29 is 38.3 Å². The Kier molecular flexibility index (Phi) is 4.25. The van der Waals surface area contributed by atoms with Gasteiger partial charge in [0.1, 0.15) is 36.6 Å². The topological polar surface area (TPSA) is 88.1 Å². The Hall–Kier alpha value is -1.10. The van der Waals surface area contributed by atoms with Crippen LogP contribution in [0.3, 0.4) is 0 Å². The molecule has 5 aliphatic heterocycles. The third-order valence-corrected chi connectivity index (χ3v) is 6.32. The molecule has 152 valence electrons. The molecule has 1 aromatic carbocycles. The van der Waals surface area contributed by atoms with Crippen LogP contribution in [0.2, 0.25) is 0 Å². The van der Waals surface area contributed by atoms with Crippen molar-refractivity contribution >= 4 is 0 Å². The van der Waals surface area contributed by atoms with Crippen LogP contribution in [-0.4, -0.2) is 73.6 Å². The number of epoxide rings is 1. The van der Waals surface area contributed by atoms with Crippen molar-refractivity contribution in [3.05, 3.63) is 35.9 Å². The molecule has 5 unspecified atom stereocenters. The van der Waals surface area contributed by atoms with Gasteiger partial charge in [-0.3, -0.25) is 0 Å². The summed E-state index contributed by atoms with van der Waals surface area (Å²) in [6.07, 6.45) is -3.59.